The van der Waals surface area contributed by atoms with E-state index in [9.17, 15) is 9.59 Å². The molecule has 0 aliphatic carbocycles. The molecule has 1 atom stereocenters. The first kappa shape index (κ1) is 25.7. The average molecular weight is 472 g/mol. The molecule has 6 heteroatoms. The molecular weight excluding hydrogens is 438 g/mol. The van der Waals surface area contributed by atoms with Gasteiger partial charge in [0.2, 0.25) is 5.91 Å². The summed E-state index contributed by atoms with van der Waals surface area (Å²) in [6, 6.07) is 22.7. The number of carbonyl (C=O) groups is 2. The third-order valence-electron chi connectivity index (χ3n) is 6.03. The molecule has 0 aliphatic heterocycles. The van der Waals surface area contributed by atoms with Crippen LogP contribution in [0.5, 0.6) is 0 Å². The van der Waals surface area contributed by atoms with E-state index in [2.05, 4.69) is 75.3 Å². The molecule has 4 aromatic rings. The van der Waals surface area contributed by atoms with Crippen LogP contribution in [0.1, 0.15) is 68.6 Å². The number of hydrogen-bond acceptors (Lipinski definition) is 3. The van der Waals surface area contributed by atoms with Crippen molar-refractivity contribution in [2.45, 2.75) is 52.5 Å². The molecule has 4 rings (SSSR count). The molecule has 1 aromatic heterocycles. The van der Waals surface area contributed by atoms with Crippen molar-refractivity contribution in [3.63, 3.8) is 0 Å². The van der Waals surface area contributed by atoms with Crippen molar-refractivity contribution in [1.29, 1.82) is 0 Å². The van der Waals surface area contributed by atoms with Gasteiger partial charge >= 0.3 is 5.97 Å². The molecule has 0 bridgehead atoms. The predicted octanol–water partition coefficient (Wildman–Crippen LogP) is 6.19. The lowest BCUT2D eigenvalue weighted by Crippen LogP contribution is -2.12. The number of primary amides is 1. The molecule has 35 heavy (non-hydrogen) atoms. The van der Waals surface area contributed by atoms with E-state index in [1.165, 1.54) is 16.7 Å². The summed E-state index contributed by atoms with van der Waals surface area (Å²) in [4.78, 5) is 20.7. The number of carbonyl (C=O) groups excluding carboxylic acids is 1. The normalized spacial score (nSPS) is 12.0. The number of aliphatic carboxylic acids is 1. The number of fused-ring (bicyclic) bond motifs is 1. The van der Waals surface area contributed by atoms with Crippen LogP contribution in [0.25, 0.3) is 22.0 Å². The van der Waals surface area contributed by atoms with E-state index >= 15 is 0 Å². The minimum atomic E-state index is -0.745. The number of rotatable bonds is 5. The van der Waals surface area contributed by atoms with Gasteiger partial charge in [0.15, 0.2) is 0 Å². The molecule has 0 fully saturated rings. The molecule has 0 aliphatic rings. The smallest absolute Gasteiger partial charge is 0.303 e. The fourth-order valence-electron chi connectivity index (χ4n) is 3.77. The molecule has 3 N–H and O–H groups in total. The zero-order valence-electron chi connectivity index (χ0n) is 20.9. The summed E-state index contributed by atoms with van der Waals surface area (Å²) < 4.78 is 2.01. The van der Waals surface area contributed by atoms with Crippen LogP contribution in [-0.4, -0.2) is 26.8 Å². The molecule has 0 saturated heterocycles. The Balaban J connectivity index is 0.000000623. The fraction of sp³-hybridized carbons (Fsp3) is 0.276. The third kappa shape index (κ3) is 6.15. The Hall–Kier alpha value is -3.93. The molecule has 0 spiro atoms. The average Bonchev–Trinajstić information content (AvgIpc) is 3.27. The Kier molecular flexibility index (Phi) is 7.75. The molecule has 0 radical (unpaired) electrons. The summed E-state index contributed by atoms with van der Waals surface area (Å²) in [7, 11) is 0. The van der Waals surface area contributed by atoms with E-state index in [1.54, 1.807) is 19.1 Å². The van der Waals surface area contributed by atoms with Gasteiger partial charge in [-0.3, -0.25) is 14.3 Å². The number of carboxylic acid groups (broad SMARTS) is 1. The summed E-state index contributed by atoms with van der Waals surface area (Å²) in [6.45, 7) is 10.4. The summed E-state index contributed by atoms with van der Waals surface area (Å²) in [5.74, 6) is -1.16. The van der Waals surface area contributed by atoms with Crippen LogP contribution < -0.4 is 5.73 Å². The number of carboxylic acids is 1. The molecule has 6 nitrogen and oxygen atoms in total. The van der Waals surface area contributed by atoms with Gasteiger partial charge in [0, 0.05) is 17.4 Å². The summed E-state index contributed by atoms with van der Waals surface area (Å²) >= 11 is 0. The Bertz CT molecular complexity index is 1310. The zero-order valence-corrected chi connectivity index (χ0v) is 20.9. The lowest BCUT2D eigenvalue weighted by atomic mass is 9.86. The van der Waals surface area contributed by atoms with E-state index in [0.29, 0.717) is 5.56 Å². The maximum absolute atomic E-state index is 11.3. The topological polar surface area (TPSA) is 98.2 Å². The Labute approximate surface area is 206 Å². The van der Waals surface area contributed by atoms with Crippen molar-refractivity contribution in [2.24, 2.45) is 5.73 Å². The van der Waals surface area contributed by atoms with Crippen molar-refractivity contribution in [3.05, 3.63) is 89.6 Å². The van der Waals surface area contributed by atoms with Gasteiger partial charge in [-0.2, -0.15) is 5.10 Å². The van der Waals surface area contributed by atoms with E-state index < -0.39 is 11.9 Å². The number of nitrogens with two attached hydrogens (primary N) is 1. The molecule has 3 aromatic carbocycles. The van der Waals surface area contributed by atoms with E-state index in [4.69, 9.17) is 10.8 Å². The largest absolute Gasteiger partial charge is 0.481 e. The second-order valence-corrected chi connectivity index (χ2v) is 9.60. The van der Waals surface area contributed by atoms with Crippen molar-refractivity contribution in [1.82, 2.24) is 9.78 Å². The number of hydrogen-bond donors (Lipinski definition) is 2. The van der Waals surface area contributed by atoms with E-state index in [1.807, 2.05) is 23.0 Å². The standard InChI is InChI=1S/C26H27N3O.C3H6O2/c1-17(18-5-7-20(8-6-18)25(27)30)29-24-14-11-21(15-22(24)16-28-29)19-9-12-23(13-10-19)26(2,3)4;1-2-3(4)5/h5-17H,1-4H3,(H2,27,30);2H2,1H3,(H,4,5). The van der Waals surface area contributed by atoms with Gasteiger partial charge in [0.25, 0.3) is 0 Å². The van der Waals surface area contributed by atoms with Gasteiger partial charge in [-0.05, 0) is 58.9 Å². The molecule has 1 unspecified atom stereocenters. The molecular formula is C29H33N3O3. The number of nitrogens with zero attached hydrogens (tertiary/aromatic N) is 2. The SMILES string of the molecule is CC(c1ccc(C(N)=O)cc1)n1ncc2cc(-c3ccc(C(C)(C)C)cc3)ccc21.CCC(=O)O. The first-order chi connectivity index (χ1) is 16.5. The van der Waals surface area contributed by atoms with Crippen LogP contribution in [-0.2, 0) is 10.2 Å². The third-order valence-corrected chi connectivity index (χ3v) is 6.03. The highest BCUT2D eigenvalue weighted by Crippen LogP contribution is 2.30. The number of amides is 1. The zero-order chi connectivity index (χ0) is 25.8. The van der Waals surface area contributed by atoms with Gasteiger partial charge in [-0.25, -0.2) is 0 Å². The first-order valence-corrected chi connectivity index (χ1v) is 11.7. The highest BCUT2D eigenvalue weighted by Gasteiger charge is 2.15. The second-order valence-electron chi connectivity index (χ2n) is 9.60. The van der Waals surface area contributed by atoms with E-state index in [-0.39, 0.29) is 17.9 Å². The lowest BCUT2D eigenvalue weighted by Gasteiger charge is -2.19. The highest BCUT2D eigenvalue weighted by molar-refractivity contribution is 5.92. The molecule has 0 saturated carbocycles. The predicted molar refractivity (Wildman–Crippen MR) is 141 cm³/mol. The number of aromatic nitrogens is 2. The molecule has 1 heterocycles. The molecule has 1 amide bonds. The van der Waals surface area contributed by atoms with Gasteiger partial charge in [0.05, 0.1) is 17.8 Å². The minimum absolute atomic E-state index is 0.0429. The van der Waals surface area contributed by atoms with Crippen molar-refractivity contribution in [2.75, 3.05) is 0 Å². The van der Waals surface area contributed by atoms with Gasteiger partial charge < -0.3 is 10.8 Å². The lowest BCUT2D eigenvalue weighted by molar-refractivity contribution is -0.136. The summed E-state index contributed by atoms with van der Waals surface area (Å²) in [5, 5.41) is 13.5. The van der Waals surface area contributed by atoms with Crippen molar-refractivity contribution < 1.29 is 14.7 Å². The Morgan fingerprint density at radius 1 is 0.971 bits per heavy atom. The Morgan fingerprint density at radius 2 is 1.54 bits per heavy atom. The fourth-order valence-corrected chi connectivity index (χ4v) is 3.77. The highest BCUT2D eigenvalue weighted by atomic mass is 16.4. The maximum Gasteiger partial charge on any atom is 0.303 e. The summed E-state index contributed by atoms with van der Waals surface area (Å²) in [6.07, 6.45) is 2.14. The van der Waals surface area contributed by atoms with Gasteiger partial charge in [-0.1, -0.05) is 70.2 Å². The van der Waals surface area contributed by atoms with Gasteiger partial charge in [-0.15, -0.1) is 0 Å². The van der Waals surface area contributed by atoms with Crippen molar-refractivity contribution in [3.8, 4) is 11.1 Å². The van der Waals surface area contributed by atoms with Gasteiger partial charge in [0.1, 0.15) is 0 Å². The van der Waals surface area contributed by atoms with Crippen LogP contribution in [0.4, 0.5) is 0 Å². The quantitative estimate of drug-likeness (QED) is 0.362. The second kappa shape index (κ2) is 10.6. The summed E-state index contributed by atoms with van der Waals surface area (Å²) in [5.41, 5.74) is 11.9. The van der Waals surface area contributed by atoms with Crippen LogP contribution in [0.3, 0.4) is 0 Å². The van der Waals surface area contributed by atoms with Crippen LogP contribution in [0, 0.1) is 0 Å². The maximum atomic E-state index is 11.3. The van der Waals surface area contributed by atoms with Crippen LogP contribution in [0.2, 0.25) is 0 Å². The Morgan fingerprint density at radius 3 is 2.06 bits per heavy atom. The van der Waals surface area contributed by atoms with Crippen molar-refractivity contribution >= 4 is 22.8 Å². The monoisotopic (exact) mass is 471 g/mol. The number of benzene rings is 3. The minimum Gasteiger partial charge on any atom is -0.481 e. The molecule has 182 valence electrons. The van der Waals surface area contributed by atoms with E-state index in [0.717, 1.165) is 16.5 Å². The van der Waals surface area contributed by atoms with Crippen LogP contribution in [0.15, 0.2) is 72.9 Å². The van der Waals surface area contributed by atoms with Crippen LogP contribution >= 0.6 is 0 Å². The first-order valence-electron chi connectivity index (χ1n) is 11.7.